The van der Waals surface area contributed by atoms with Crippen LogP contribution in [0.1, 0.15) is 36.5 Å². The predicted molar refractivity (Wildman–Crippen MR) is 142 cm³/mol. The monoisotopic (exact) mass is 481 g/mol. The number of rotatable bonds is 6. The van der Waals surface area contributed by atoms with Crippen molar-refractivity contribution in [2.24, 2.45) is 0 Å². The Hall–Kier alpha value is -3.82. The summed E-state index contributed by atoms with van der Waals surface area (Å²) in [6.45, 7) is 6.11. The molecule has 5 nitrogen and oxygen atoms in total. The van der Waals surface area contributed by atoms with Crippen molar-refractivity contribution in [1.82, 2.24) is 0 Å². The van der Waals surface area contributed by atoms with E-state index in [-0.39, 0.29) is 11.5 Å². The minimum Gasteiger partial charge on any atom is -0.321 e. The van der Waals surface area contributed by atoms with Gasteiger partial charge in [0, 0.05) is 11.4 Å². The van der Waals surface area contributed by atoms with Crippen LogP contribution in [0.15, 0.2) is 89.5 Å². The van der Waals surface area contributed by atoms with Crippen LogP contribution in [-0.2, 0) is 16.0 Å². The number of carbonyl (C=O) groups excluding carboxylic acids is 2. The predicted octanol–water partition coefficient (Wildman–Crippen LogP) is 6.18. The Balaban J connectivity index is 1.74. The first-order valence-electron chi connectivity index (χ1n) is 11.5. The van der Waals surface area contributed by atoms with Crippen molar-refractivity contribution < 1.29 is 9.59 Å². The van der Waals surface area contributed by atoms with Crippen molar-refractivity contribution in [3.63, 3.8) is 0 Å². The van der Waals surface area contributed by atoms with Crippen LogP contribution in [0.2, 0.25) is 0 Å². The third-order valence-corrected chi connectivity index (χ3v) is 7.24. The average molecular weight is 482 g/mol. The molecule has 176 valence electrons. The molecule has 0 aliphatic carbocycles. The lowest BCUT2D eigenvalue weighted by Gasteiger charge is -2.19. The van der Waals surface area contributed by atoms with Crippen molar-refractivity contribution in [2.75, 3.05) is 10.2 Å². The van der Waals surface area contributed by atoms with Crippen LogP contribution in [-0.4, -0.2) is 17.1 Å². The molecule has 1 fully saturated rings. The van der Waals surface area contributed by atoms with Gasteiger partial charge in [0.05, 0.1) is 5.25 Å². The number of hydrogen-bond acceptors (Lipinski definition) is 4. The summed E-state index contributed by atoms with van der Waals surface area (Å²) in [6, 6.07) is 27.0. The molecule has 1 atom stereocenters. The van der Waals surface area contributed by atoms with Gasteiger partial charge in [-0.2, -0.15) is 5.26 Å². The molecule has 0 bridgehead atoms. The molecule has 1 aliphatic heterocycles. The zero-order valence-electron chi connectivity index (χ0n) is 20.0. The van der Waals surface area contributed by atoms with Gasteiger partial charge in [-0.05, 0) is 54.2 Å². The van der Waals surface area contributed by atoms with Gasteiger partial charge in [-0.25, -0.2) is 0 Å². The third-order valence-electron chi connectivity index (χ3n) is 5.98. The number of nitrogens with zero attached hydrogens (tertiary/aromatic N) is 2. The van der Waals surface area contributed by atoms with Crippen LogP contribution < -0.4 is 10.2 Å². The number of amides is 2. The second-order valence-corrected chi connectivity index (χ2v) is 9.97. The average Bonchev–Trinajstić information content (AvgIpc) is 3.17. The van der Waals surface area contributed by atoms with E-state index in [1.54, 1.807) is 6.07 Å². The molecular weight excluding hydrogens is 454 g/mol. The van der Waals surface area contributed by atoms with E-state index >= 15 is 0 Å². The molecule has 1 N–H and O–H groups in total. The van der Waals surface area contributed by atoms with Crippen LogP contribution in [0.4, 0.5) is 11.4 Å². The van der Waals surface area contributed by atoms with Gasteiger partial charge in [0.2, 0.25) is 5.91 Å². The van der Waals surface area contributed by atoms with Crippen LogP contribution in [0, 0.1) is 18.3 Å². The van der Waals surface area contributed by atoms with E-state index in [2.05, 4.69) is 25.2 Å². The largest absolute Gasteiger partial charge is 0.321 e. The zero-order valence-corrected chi connectivity index (χ0v) is 20.8. The molecule has 1 heterocycles. The molecular formula is C29H27N3O2S. The van der Waals surface area contributed by atoms with Gasteiger partial charge in [-0.3, -0.25) is 14.5 Å². The Morgan fingerprint density at radius 2 is 1.69 bits per heavy atom. The molecule has 0 spiro atoms. The maximum Gasteiger partial charge on any atom is 0.269 e. The summed E-state index contributed by atoms with van der Waals surface area (Å²) in [4.78, 5) is 28.4. The molecule has 2 amide bonds. The summed E-state index contributed by atoms with van der Waals surface area (Å²) in [7, 11) is 0. The van der Waals surface area contributed by atoms with Crippen molar-refractivity contribution in [3.8, 4) is 6.07 Å². The van der Waals surface area contributed by atoms with Crippen molar-refractivity contribution in [3.05, 3.63) is 106 Å². The Labute approximate surface area is 210 Å². The summed E-state index contributed by atoms with van der Waals surface area (Å²) in [5.74, 6) is -0.313. The third kappa shape index (κ3) is 5.31. The number of benzene rings is 3. The van der Waals surface area contributed by atoms with E-state index in [0.717, 1.165) is 16.7 Å². The molecule has 6 heteroatoms. The molecule has 1 aliphatic rings. The number of carbonyl (C=O) groups is 2. The number of nitrogens with one attached hydrogen (secondary N) is 1. The number of aryl methyl sites for hydroxylation is 1. The topological polar surface area (TPSA) is 73.2 Å². The van der Waals surface area contributed by atoms with Gasteiger partial charge >= 0.3 is 0 Å². The lowest BCUT2D eigenvalue weighted by molar-refractivity contribution is -0.117. The van der Waals surface area contributed by atoms with E-state index in [4.69, 9.17) is 0 Å². The maximum atomic E-state index is 13.6. The molecule has 3 aromatic carbocycles. The summed E-state index contributed by atoms with van der Waals surface area (Å²) in [5, 5.41) is 12.8. The Morgan fingerprint density at radius 3 is 2.31 bits per heavy atom. The van der Waals surface area contributed by atoms with Gasteiger partial charge < -0.3 is 5.32 Å². The number of hydrogen-bond donors (Lipinski definition) is 1. The van der Waals surface area contributed by atoms with Crippen LogP contribution in [0.5, 0.6) is 0 Å². The first kappa shape index (κ1) is 24.3. The fourth-order valence-electron chi connectivity index (χ4n) is 3.96. The van der Waals surface area contributed by atoms with E-state index in [0.29, 0.717) is 28.7 Å². The van der Waals surface area contributed by atoms with Crippen LogP contribution in [0.3, 0.4) is 0 Å². The Morgan fingerprint density at radius 1 is 1.03 bits per heavy atom. The highest BCUT2D eigenvalue weighted by Crippen LogP contribution is 2.42. The number of nitriles is 1. The quantitative estimate of drug-likeness (QED) is 0.337. The fraction of sp³-hybridized carbons (Fsp3) is 0.207. The van der Waals surface area contributed by atoms with E-state index < -0.39 is 11.2 Å². The first-order chi connectivity index (χ1) is 16.9. The van der Waals surface area contributed by atoms with Crippen LogP contribution >= 0.6 is 11.8 Å². The normalized spacial score (nSPS) is 16.8. The lowest BCUT2D eigenvalue weighted by Crippen LogP contribution is -2.31. The first-order valence-corrected chi connectivity index (χ1v) is 12.4. The molecule has 0 saturated carbocycles. The maximum absolute atomic E-state index is 13.6. The van der Waals surface area contributed by atoms with E-state index in [1.165, 1.54) is 16.7 Å². The zero-order chi connectivity index (χ0) is 24.9. The molecule has 3 aromatic rings. The minimum atomic E-state index is -0.527. The second kappa shape index (κ2) is 10.6. The SMILES string of the molecule is Cc1ccccc1NC(=O)/C(C#N)=C1\SC(Cc2ccccc2)C(=O)N1c1ccc(C(C)C)cc1. The second-order valence-electron chi connectivity index (χ2n) is 8.78. The molecule has 1 saturated heterocycles. The van der Waals surface area contributed by atoms with Crippen molar-refractivity contribution in [2.45, 2.75) is 38.4 Å². The molecule has 4 rings (SSSR count). The highest BCUT2D eigenvalue weighted by Gasteiger charge is 2.40. The summed E-state index contributed by atoms with van der Waals surface area (Å²) >= 11 is 1.28. The van der Waals surface area contributed by atoms with Crippen molar-refractivity contribution >= 4 is 35.0 Å². The Kier molecular flexibility index (Phi) is 7.38. The highest BCUT2D eigenvalue weighted by molar-refractivity contribution is 8.05. The standard InChI is InChI=1S/C29H27N3O2S/c1-19(2)22-13-15-23(16-14-22)32-28(34)26(17-21-10-5-4-6-11-21)35-29(32)24(18-30)27(33)31-25-12-8-7-9-20(25)3/h4-16,19,26H,17H2,1-3H3,(H,31,33)/b29-24-. The van der Waals surface area contributed by atoms with Gasteiger partial charge in [0.25, 0.3) is 5.91 Å². The lowest BCUT2D eigenvalue weighted by atomic mass is 10.0. The number of thioether (sulfide) groups is 1. The van der Waals surface area contributed by atoms with E-state index in [1.807, 2.05) is 79.7 Å². The molecule has 0 radical (unpaired) electrons. The summed E-state index contributed by atoms with van der Waals surface area (Å²) < 4.78 is 0. The summed E-state index contributed by atoms with van der Waals surface area (Å²) in [5.41, 5.74) is 4.27. The van der Waals surface area contributed by atoms with Gasteiger partial charge in [0.15, 0.2) is 0 Å². The molecule has 0 aromatic heterocycles. The molecule has 1 unspecified atom stereocenters. The number of anilines is 2. The molecule has 35 heavy (non-hydrogen) atoms. The van der Waals surface area contributed by atoms with E-state index in [9.17, 15) is 14.9 Å². The fourth-order valence-corrected chi connectivity index (χ4v) is 5.26. The summed E-state index contributed by atoms with van der Waals surface area (Å²) in [6.07, 6.45) is 0.506. The van der Waals surface area contributed by atoms with Crippen molar-refractivity contribution in [1.29, 1.82) is 5.26 Å². The van der Waals surface area contributed by atoms with Gasteiger partial charge in [-0.1, -0.05) is 86.3 Å². The smallest absolute Gasteiger partial charge is 0.269 e. The minimum absolute atomic E-state index is 0.0740. The Bertz CT molecular complexity index is 1310. The highest BCUT2D eigenvalue weighted by atomic mass is 32.2. The van der Waals surface area contributed by atoms with Gasteiger partial charge in [0.1, 0.15) is 16.7 Å². The van der Waals surface area contributed by atoms with Crippen LogP contribution in [0.25, 0.3) is 0 Å². The number of para-hydroxylation sites is 1. The van der Waals surface area contributed by atoms with Gasteiger partial charge in [-0.15, -0.1) is 0 Å².